The monoisotopic (exact) mass is 493 g/mol. The van der Waals surface area contributed by atoms with Gasteiger partial charge in [0.1, 0.15) is 0 Å². The highest BCUT2D eigenvalue weighted by molar-refractivity contribution is 7.94. The molecule has 0 fully saturated rings. The number of sulfonamides is 1. The Kier molecular flexibility index (Phi) is 7.78. The number of aromatic nitrogens is 2. The lowest BCUT2D eigenvalue weighted by molar-refractivity contribution is 0.0953. The van der Waals surface area contributed by atoms with Gasteiger partial charge in [0.25, 0.3) is 26.2 Å². The molecule has 9 nitrogen and oxygen atoms in total. The van der Waals surface area contributed by atoms with Crippen LogP contribution >= 0.6 is 22.9 Å². The minimum atomic E-state index is -4.13. The zero-order chi connectivity index (χ0) is 23.1. The van der Waals surface area contributed by atoms with Crippen molar-refractivity contribution in [3.63, 3.8) is 0 Å². The second-order valence-corrected chi connectivity index (χ2v) is 9.86. The summed E-state index contributed by atoms with van der Waals surface area (Å²) in [5, 5.41) is 13.1. The molecule has 0 unspecified atom stereocenters. The average molecular weight is 494 g/mol. The number of nitrogens with one attached hydrogen (secondary N) is 3. The first-order chi connectivity index (χ1) is 15.3. The minimum Gasteiger partial charge on any atom is -0.352 e. The van der Waals surface area contributed by atoms with Crippen LogP contribution in [0.25, 0.3) is 0 Å². The van der Waals surface area contributed by atoms with Crippen molar-refractivity contribution in [3.05, 3.63) is 64.7 Å². The lowest BCUT2D eigenvalue weighted by atomic mass is 10.1. The van der Waals surface area contributed by atoms with E-state index in [1.165, 1.54) is 24.3 Å². The van der Waals surface area contributed by atoms with Gasteiger partial charge in [-0.25, -0.2) is 0 Å². The van der Waals surface area contributed by atoms with Crippen molar-refractivity contribution < 1.29 is 18.0 Å². The number of rotatable bonds is 9. The van der Waals surface area contributed by atoms with Gasteiger partial charge in [-0.2, -0.15) is 8.42 Å². The van der Waals surface area contributed by atoms with Gasteiger partial charge in [-0.1, -0.05) is 48.4 Å². The molecule has 0 saturated carbocycles. The van der Waals surface area contributed by atoms with Crippen molar-refractivity contribution in [3.8, 4) is 0 Å². The maximum Gasteiger partial charge on any atom is 0.291 e. The fourth-order valence-electron chi connectivity index (χ4n) is 2.57. The fraction of sp³-hybridized carbons (Fsp3) is 0.200. The Morgan fingerprint density at radius 3 is 2.47 bits per heavy atom. The highest BCUT2D eigenvalue weighted by Gasteiger charge is 2.23. The van der Waals surface area contributed by atoms with Gasteiger partial charge in [-0.15, -0.1) is 10.2 Å². The molecule has 168 valence electrons. The molecule has 0 bridgehead atoms. The Hall–Kier alpha value is -3.02. The summed E-state index contributed by atoms with van der Waals surface area (Å²) in [7, 11) is -4.13. The second kappa shape index (κ2) is 10.5. The highest BCUT2D eigenvalue weighted by Crippen LogP contribution is 2.25. The van der Waals surface area contributed by atoms with Gasteiger partial charge < -0.3 is 5.32 Å². The van der Waals surface area contributed by atoms with E-state index in [1.807, 2.05) is 6.92 Å². The van der Waals surface area contributed by atoms with E-state index in [2.05, 4.69) is 25.6 Å². The number of anilines is 2. The quantitative estimate of drug-likeness (QED) is 0.307. The van der Waals surface area contributed by atoms with Gasteiger partial charge in [0, 0.05) is 17.1 Å². The molecule has 1 heterocycles. The standard InChI is InChI=1S/C20H20ClN5O4S2/c1-2-3-12-22-18(28)15-6-4-5-7-16(15)26-32(29,30)20-25-24-19(31-20)23-17(27)13-8-10-14(21)11-9-13/h4-11,26H,2-3,12H2,1H3,(H,22,28)(H,23,24,27). The summed E-state index contributed by atoms with van der Waals surface area (Å²) in [5.74, 6) is -0.867. The van der Waals surface area contributed by atoms with Crippen LogP contribution in [0, 0.1) is 0 Å². The zero-order valence-electron chi connectivity index (χ0n) is 17.0. The van der Waals surface area contributed by atoms with Crippen LogP contribution in [0.15, 0.2) is 52.9 Å². The summed E-state index contributed by atoms with van der Waals surface area (Å²) in [6, 6.07) is 12.4. The predicted octanol–water partition coefficient (Wildman–Crippen LogP) is 3.77. The van der Waals surface area contributed by atoms with E-state index in [0.29, 0.717) is 28.5 Å². The first-order valence-corrected chi connectivity index (χ1v) is 12.3. The molecule has 0 saturated heterocycles. The first kappa shape index (κ1) is 23.6. The highest BCUT2D eigenvalue weighted by atomic mass is 35.5. The molecule has 0 radical (unpaired) electrons. The van der Waals surface area contributed by atoms with E-state index >= 15 is 0 Å². The third-order valence-corrected chi connectivity index (χ3v) is 7.02. The number of carbonyl (C=O) groups excluding carboxylic acids is 2. The average Bonchev–Trinajstić information content (AvgIpc) is 3.24. The SMILES string of the molecule is CCCCNC(=O)c1ccccc1NS(=O)(=O)c1nnc(NC(=O)c2ccc(Cl)cc2)s1. The number of halogens is 1. The number of hydrogen-bond acceptors (Lipinski definition) is 7. The third kappa shape index (κ3) is 6.02. The summed E-state index contributed by atoms with van der Waals surface area (Å²) in [6.45, 7) is 2.49. The van der Waals surface area contributed by atoms with Crippen molar-refractivity contribution in [2.75, 3.05) is 16.6 Å². The summed E-state index contributed by atoms with van der Waals surface area (Å²) < 4.78 is 27.6. The number of carbonyl (C=O) groups is 2. The molecule has 0 spiro atoms. The third-order valence-electron chi connectivity index (χ3n) is 4.20. The van der Waals surface area contributed by atoms with E-state index in [9.17, 15) is 18.0 Å². The van der Waals surface area contributed by atoms with Crippen molar-refractivity contribution in [2.24, 2.45) is 0 Å². The van der Waals surface area contributed by atoms with Gasteiger partial charge in [0.2, 0.25) is 5.13 Å². The van der Waals surface area contributed by atoms with Crippen LogP contribution in [0.5, 0.6) is 0 Å². The number of hydrogen-bond donors (Lipinski definition) is 3. The molecule has 3 N–H and O–H groups in total. The van der Waals surface area contributed by atoms with Crippen LogP contribution in [0.4, 0.5) is 10.8 Å². The van der Waals surface area contributed by atoms with E-state index in [0.717, 1.165) is 12.8 Å². The maximum absolute atomic E-state index is 12.8. The molecular formula is C20H20ClN5O4S2. The van der Waals surface area contributed by atoms with E-state index in [-0.39, 0.29) is 26.6 Å². The molecule has 0 aliphatic carbocycles. The van der Waals surface area contributed by atoms with Crippen LogP contribution in [0.2, 0.25) is 5.02 Å². The molecule has 2 amide bonds. The fourth-order valence-corrected chi connectivity index (χ4v) is 4.67. The Bertz CT molecular complexity index is 1210. The van der Waals surface area contributed by atoms with Crippen LogP contribution in [-0.2, 0) is 10.0 Å². The number of nitrogens with zero attached hydrogens (tertiary/aromatic N) is 2. The van der Waals surface area contributed by atoms with Gasteiger partial charge in [0.05, 0.1) is 11.3 Å². The van der Waals surface area contributed by atoms with Crippen LogP contribution in [0.1, 0.15) is 40.5 Å². The molecule has 0 aliphatic heterocycles. The molecule has 32 heavy (non-hydrogen) atoms. The number of unbranched alkanes of at least 4 members (excludes halogenated alkanes) is 1. The van der Waals surface area contributed by atoms with Gasteiger partial charge in [-0.3, -0.25) is 19.6 Å². The van der Waals surface area contributed by atoms with Gasteiger partial charge in [0.15, 0.2) is 0 Å². The van der Waals surface area contributed by atoms with Crippen LogP contribution in [-0.4, -0.2) is 37.0 Å². The molecule has 12 heteroatoms. The zero-order valence-corrected chi connectivity index (χ0v) is 19.4. The Balaban J connectivity index is 1.73. The molecule has 2 aromatic carbocycles. The molecule has 1 aromatic heterocycles. The lowest BCUT2D eigenvalue weighted by Crippen LogP contribution is -2.26. The summed E-state index contributed by atoms with van der Waals surface area (Å²) >= 11 is 6.49. The van der Waals surface area contributed by atoms with E-state index in [1.54, 1.807) is 24.3 Å². The maximum atomic E-state index is 12.8. The van der Waals surface area contributed by atoms with Gasteiger partial charge in [-0.05, 0) is 42.8 Å². The summed E-state index contributed by atoms with van der Waals surface area (Å²) in [6.07, 6.45) is 1.73. The normalized spacial score (nSPS) is 11.1. The molecule has 3 aromatic rings. The van der Waals surface area contributed by atoms with Crippen molar-refractivity contribution in [2.45, 2.75) is 24.1 Å². The first-order valence-electron chi connectivity index (χ1n) is 9.60. The smallest absolute Gasteiger partial charge is 0.291 e. The summed E-state index contributed by atoms with van der Waals surface area (Å²) in [5.41, 5.74) is 0.631. The minimum absolute atomic E-state index is 0.0101. The molecule has 0 aliphatic rings. The van der Waals surface area contributed by atoms with Gasteiger partial charge >= 0.3 is 0 Å². The van der Waals surface area contributed by atoms with E-state index < -0.39 is 15.9 Å². The summed E-state index contributed by atoms with van der Waals surface area (Å²) in [4.78, 5) is 24.7. The largest absolute Gasteiger partial charge is 0.352 e. The Morgan fingerprint density at radius 2 is 1.75 bits per heavy atom. The molecule has 0 atom stereocenters. The topological polar surface area (TPSA) is 130 Å². The van der Waals surface area contributed by atoms with Crippen molar-refractivity contribution >= 4 is 55.6 Å². The number of benzene rings is 2. The van der Waals surface area contributed by atoms with Crippen LogP contribution < -0.4 is 15.4 Å². The second-order valence-electron chi connectivity index (χ2n) is 6.59. The Morgan fingerprint density at radius 1 is 1.03 bits per heavy atom. The molecular weight excluding hydrogens is 474 g/mol. The van der Waals surface area contributed by atoms with Crippen molar-refractivity contribution in [1.29, 1.82) is 0 Å². The number of amides is 2. The lowest BCUT2D eigenvalue weighted by Gasteiger charge is -2.11. The number of para-hydroxylation sites is 1. The van der Waals surface area contributed by atoms with Crippen molar-refractivity contribution in [1.82, 2.24) is 15.5 Å². The molecule has 3 rings (SSSR count). The Labute approximate surface area is 194 Å². The van der Waals surface area contributed by atoms with Crippen LogP contribution in [0.3, 0.4) is 0 Å². The van der Waals surface area contributed by atoms with E-state index in [4.69, 9.17) is 11.6 Å². The predicted molar refractivity (Wildman–Crippen MR) is 124 cm³/mol.